The van der Waals surface area contributed by atoms with E-state index in [9.17, 15) is 9.70 Å². The molecular formula is C12H12N2O5. The number of nitrogens with zero attached hydrogens (tertiary/aromatic N) is 2. The topological polar surface area (TPSA) is 86.6 Å². The smallest absolute Gasteiger partial charge is 0.302 e. The van der Waals surface area contributed by atoms with Crippen molar-refractivity contribution in [2.75, 3.05) is 13.2 Å². The maximum absolute atomic E-state index is 10.8. The van der Waals surface area contributed by atoms with Crippen LogP contribution in [0.25, 0.3) is 0 Å². The third-order valence-electron chi connectivity index (χ3n) is 2.40. The average molecular weight is 264 g/mol. The fourth-order valence-electron chi connectivity index (χ4n) is 1.60. The van der Waals surface area contributed by atoms with E-state index in [0.717, 1.165) is 0 Å². The summed E-state index contributed by atoms with van der Waals surface area (Å²) in [7, 11) is 0. The number of carbonyl (C=O) groups excluding carboxylic acids is 1. The second kappa shape index (κ2) is 5.94. The molecule has 1 aromatic rings. The van der Waals surface area contributed by atoms with E-state index in [4.69, 9.17) is 9.57 Å². The molecule has 0 spiro atoms. The van der Waals surface area contributed by atoms with Crippen molar-refractivity contribution in [2.24, 2.45) is 10.3 Å². The van der Waals surface area contributed by atoms with Gasteiger partial charge in [0.15, 0.2) is 12.6 Å². The van der Waals surface area contributed by atoms with Crippen LogP contribution in [-0.4, -0.2) is 25.1 Å². The Kier molecular flexibility index (Phi) is 4.07. The van der Waals surface area contributed by atoms with Gasteiger partial charge in [-0.1, -0.05) is 23.4 Å². The van der Waals surface area contributed by atoms with E-state index in [1.807, 2.05) is 0 Å². The second-order valence-corrected chi connectivity index (χ2v) is 3.75. The monoisotopic (exact) mass is 264 g/mol. The Hall–Kier alpha value is -2.44. The molecule has 0 fully saturated rings. The van der Waals surface area contributed by atoms with Gasteiger partial charge in [-0.2, -0.15) is 0 Å². The summed E-state index contributed by atoms with van der Waals surface area (Å²) in [6, 6.07) is 6.22. The number of oxime groups is 1. The van der Waals surface area contributed by atoms with Gasteiger partial charge in [-0.25, -0.2) is 0 Å². The summed E-state index contributed by atoms with van der Waals surface area (Å²) in [4.78, 5) is 26.3. The van der Waals surface area contributed by atoms with Gasteiger partial charge in [-0.3, -0.25) is 4.79 Å². The van der Waals surface area contributed by atoms with E-state index >= 15 is 0 Å². The van der Waals surface area contributed by atoms with Gasteiger partial charge in [0.25, 0.3) is 5.90 Å². The molecule has 0 radical (unpaired) electrons. The van der Waals surface area contributed by atoms with Gasteiger partial charge < -0.3 is 14.3 Å². The summed E-state index contributed by atoms with van der Waals surface area (Å²) in [6.07, 6.45) is 0. The fraction of sp³-hybridized carbons (Fsp3) is 0.333. The number of carbonyl (C=O) groups is 1. The van der Waals surface area contributed by atoms with E-state index in [2.05, 4.69) is 15.1 Å². The van der Waals surface area contributed by atoms with Gasteiger partial charge in [-0.05, 0) is 11.2 Å². The van der Waals surface area contributed by atoms with Crippen molar-refractivity contribution in [1.29, 1.82) is 0 Å². The maximum Gasteiger partial charge on any atom is 0.302 e. The van der Waals surface area contributed by atoms with Crippen LogP contribution >= 0.6 is 0 Å². The molecule has 7 heteroatoms. The SMILES string of the molecule is CC(=O)OCCON=C1Oc2ccccc2C1N=O. The van der Waals surface area contributed by atoms with Gasteiger partial charge in [-0.15, -0.1) is 4.91 Å². The van der Waals surface area contributed by atoms with Crippen LogP contribution in [-0.2, 0) is 14.4 Å². The molecule has 1 unspecified atom stereocenters. The third-order valence-corrected chi connectivity index (χ3v) is 2.40. The van der Waals surface area contributed by atoms with Crippen LogP contribution in [0.15, 0.2) is 34.6 Å². The Morgan fingerprint density at radius 2 is 2.16 bits per heavy atom. The fourth-order valence-corrected chi connectivity index (χ4v) is 1.60. The van der Waals surface area contributed by atoms with E-state index in [1.165, 1.54) is 6.92 Å². The molecule has 7 nitrogen and oxygen atoms in total. The third kappa shape index (κ3) is 3.06. The zero-order chi connectivity index (χ0) is 13.7. The average Bonchev–Trinajstić information content (AvgIpc) is 2.75. The molecule has 0 amide bonds. The zero-order valence-corrected chi connectivity index (χ0v) is 10.2. The summed E-state index contributed by atoms with van der Waals surface area (Å²) < 4.78 is 10.0. The first-order chi connectivity index (χ1) is 9.22. The lowest BCUT2D eigenvalue weighted by atomic mass is 10.1. The molecule has 0 N–H and O–H groups in total. The second-order valence-electron chi connectivity index (χ2n) is 3.75. The van der Waals surface area contributed by atoms with E-state index < -0.39 is 12.0 Å². The first-order valence-corrected chi connectivity index (χ1v) is 5.65. The van der Waals surface area contributed by atoms with E-state index in [1.54, 1.807) is 24.3 Å². The first-order valence-electron chi connectivity index (χ1n) is 5.65. The zero-order valence-electron chi connectivity index (χ0n) is 10.2. The Balaban J connectivity index is 1.95. The van der Waals surface area contributed by atoms with Crippen molar-refractivity contribution >= 4 is 11.9 Å². The van der Waals surface area contributed by atoms with Crippen LogP contribution in [0.5, 0.6) is 5.75 Å². The van der Waals surface area contributed by atoms with Crippen molar-refractivity contribution in [2.45, 2.75) is 13.0 Å². The standard InChI is InChI=1S/C12H12N2O5/c1-8(15)17-6-7-18-14-12-11(13-16)9-4-2-3-5-10(9)19-12/h2-5,11H,6-7H2,1H3. The van der Waals surface area contributed by atoms with Gasteiger partial charge in [0.1, 0.15) is 12.4 Å². The van der Waals surface area contributed by atoms with Crippen LogP contribution in [0.1, 0.15) is 18.5 Å². The molecule has 1 heterocycles. The van der Waals surface area contributed by atoms with Gasteiger partial charge in [0.2, 0.25) is 0 Å². The number of esters is 1. The van der Waals surface area contributed by atoms with Gasteiger partial charge >= 0.3 is 5.97 Å². The summed E-state index contributed by atoms with van der Waals surface area (Å²) in [6.45, 7) is 1.46. The highest BCUT2D eigenvalue weighted by molar-refractivity contribution is 5.89. The minimum atomic E-state index is -0.801. The lowest BCUT2D eigenvalue weighted by Gasteiger charge is -2.02. The molecule has 1 aromatic carbocycles. The molecule has 0 aliphatic carbocycles. The van der Waals surface area contributed by atoms with Crippen molar-refractivity contribution < 1.29 is 19.1 Å². The lowest BCUT2D eigenvalue weighted by Crippen LogP contribution is -2.11. The highest BCUT2D eigenvalue weighted by Crippen LogP contribution is 2.35. The number of nitroso groups, excluding NO2 is 1. The van der Waals surface area contributed by atoms with Crippen LogP contribution in [0.2, 0.25) is 0 Å². The first kappa shape index (κ1) is 13.0. The number of ether oxygens (including phenoxy) is 2. The minimum absolute atomic E-state index is 0.0777. The quantitative estimate of drug-likeness (QED) is 0.350. The molecule has 0 bridgehead atoms. The Morgan fingerprint density at radius 1 is 1.37 bits per heavy atom. The molecule has 0 saturated heterocycles. The number of hydrogen-bond acceptors (Lipinski definition) is 7. The molecule has 0 aromatic heterocycles. The number of hydrogen-bond donors (Lipinski definition) is 0. The number of rotatable bonds is 5. The number of para-hydroxylation sites is 1. The molecule has 2 rings (SSSR count). The van der Waals surface area contributed by atoms with Crippen LogP contribution in [0, 0.1) is 4.91 Å². The van der Waals surface area contributed by atoms with Crippen molar-refractivity contribution in [3.63, 3.8) is 0 Å². The molecule has 1 aliphatic heterocycles. The number of benzene rings is 1. The molecule has 19 heavy (non-hydrogen) atoms. The van der Waals surface area contributed by atoms with Crippen LogP contribution in [0.3, 0.4) is 0 Å². The predicted molar refractivity (Wildman–Crippen MR) is 65.6 cm³/mol. The molecule has 1 aliphatic rings. The van der Waals surface area contributed by atoms with Gasteiger partial charge in [0.05, 0.1) is 0 Å². The summed E-state index contributed by atoms with van der Waals surface area (Å²) in [5.41, 5.74) is 0.653. The molecule has 1 atom stereocenters. The number of fused-ring (bicyclic) bond motifs is 1. The van der Waals surface area contributed by atoms with E-state index in [0.29, 0.717) is 11.3 Å². The minimum Gasteiger partial charge on any atom is -0.462 e. The molecule has 0 saturated carbocycles. The Bertz CT molecular complexity index is 515. The van der Waals surface area contributed by atoms with Crippen molar-refractivity contribution in [3.05, 3.63) is 34.7 Å². The van der Waals surface area contributed by atoms with Gasteiger partial charge in [0, 0.05) is 12.5 Å². The Labute approximate surface area is 109 Å². The van der Waals surface area contributed by atoms with Crippen LogP contribution in [0.4, 0.5) is 0 Å². The largest absolute Gasteiger partial charge is 0.462 e. The Morgan fingerprint density at radius 3 is 2.89 bits per heavy atom. The predicted octanol–water partition coefficient (Wildman–Crippen LogP) is 1.78. The summed E-state index contributed by atoms with van der Waals surface area (Å²) in [5, 5.41) is 6.66. The van der Waals surface area contributed by atoms with Crippen LogP contribution < -0.4 is 4.74 Å². The molecular weight excluding hydrogens is 252 g/mol. The summed E-state index contributed by atoms with van der Waals surface area (Å²) >= 11 is 0. The highest BCUT2D eigenvalue weighted by Gasteiger charge is 2.32. The van der Waals surface area contributed by atoms with E-state index in [-0.39, 0.29) is 19.1 Å². The lowest BCUT2D eigenvalue weighted by molar-refractivity contribution is -0.142. The maximum atomic E-state index is 10.8. The summed E-state index contributed by atoms with van der Waals surface area (Å²) in [5.74, 6) is 0.224. The molecule has 100 valence electrons. The highest BCUT2D eigenvalue weighted by atomic mass is 16.7. The van der Waals surface area contributed by atoms with Crippen molar-refractivity contribution in [1.82, 2.24) is 0 Å². The normalized spacial score (nSPS) is 18.6. The van der Waals surface area contributed by atoms with Crippen molar-refractivity contribution in [3.8, 4) is 5.75 Å².